The van der Waals surface area contributed by atoms with Crippen molar-refractivity contribution in [1.82, 2.24) is 19.7 Å². The Labute approximate surface area is 127 Å². The van der Waals surface area contributed by atoms with Crippen LogP contribution in [0.5, 0.6) is 0 Å². The Kier molecular flexibility index (Phi) is 3.65. The van der Waals surface area contributed by atoms with Crippen molar-refractivity contribution >= 4 is 11.8 Å². The molecule has 22 heavy (non-hydrogen) atoms. The van der Waals surface area contributed by atoms with Crippen molar-refractivity contribution < 1.29 is 17.6 Å². The molecule has 0 amide bonds. The topological polar surface area (TPSA) is 56.7 Å². The van der Waals surface area contributed by atoms with Gasteiger partial charge in [-0.15, -0.1) is 10.2 Å². The van der Waals surface area contributed by atoms with Crippen LogP contribution in [0.25, 0.3) is 11.6 Å². The summed E-state index contributed by atoms with van der Waals surface area (Å²) in [7, 11) is 1.74. The highest BCUT2D eigenvalue weighted by Crippen LogP contribution is 2.31. The van der Waals surface area contributed by atoms with Crippen LogP contribution in [0.4, 0.5) is 13.2 Å². The largest absolute Gasteiger partial charge is 0.461 e. The second-order valence-corrected chi connectivity index (χ2v) is 5.31. The molecule has 0 atom stereocenters. The van der Waals surface area contributed by atoms with Crippen LogP contribution in [0, 0.1) is 0 Å². The molecular weight excluding hydrogens is 317 g/mol. The molecular formula is C13H9F3N4OS. The minimum atomic E-state index is -4.40. The number of hydrogen-bond acceptors (Lipinski definition) is 5. The van der Waals surface area contributed by atoms with Gasteiger partial charge in [-0.05, 0) is 36.0 Å². The van der Waals surface area contributed by atoms with E-state index in [4.69, 9.17) is 4.42 Å². The fourth-order valence-corrected chi connectivity index (χ4v) is 2.46. The van der Waals surface area contributed by atoms with E-state index < -0.39 is 11.7 Å². The van der Waals surface area contributed by atoms with Crippen molar-refractivity contribution in [3.63, 3.8) is 0 Å². The fourth-order valence-electron chi connectivity index (χ4n) is 1.73. The summed E-state index contributed by atoms with van der Waals surface area (Å²) >= 11 is 1.12. The molecule has 3 aromatic heterocycles. The minimum Gasteiger partial charge on any atom is -0.461 e. The number of rotatable bonds is 3. The smallest absolute Gasteiger partial charge is 0.417 e. The predicted octanol–water partition coefficient (Wildman–Crippen LogP) is 3.64. The zero-order valence-electron chi connectivity index (χ0n) is 11.2. The Hall–Kier alpha value is -2.29. The lowest BCUT2D eigenvalue weighted by Gasteiger charge is -2.06. The first kappa shape index (κ1) is 14.6. The van der Waals surface area contributed by atoms with Gasteiger partial charge in [-0.3, -0.25) is 0 Å². The van der Waals surface area contributed by atoms with Gasteiger partial charge in [-0.25, -0.2) is 4.98 Å². The van der Waals surface area contributed by atoms with Crippen LogP contribution in [0.3, 0.4) is 0 Å². The number of hydrogen-bond donors (Lipinski definition) is 0. The molecule has 0 aromatic carbocycles. The van der Waals surface area contributed by atoms with Gasteiger partial charge in [0.05, 0.1) is 11.8 Å². The SMILES string of the molecule is Cn1c(Sc2ccc(C(F)(F)F)cn2)nnc1-c1ccco1. The molecule has 0 saturated heterocycles. The summed E-state index contributed by atoms with van der Waals surface area (Å²) in [6, 6.07) is 5.76. The highest BCUT2D eigenvalue weighted by molar-refractivity contribution is 7.99. The molecule has 0 aliphatic heterocycles. The third-order valence-corrected chi connectivity index (χ3v) is 3.82. The fraction of sp³-hybridized carbons (Fsp3) is 0.154. The summed E-state index contributed by atoms with van der Waals surface area (Å²) in [4.78, 5) is 3.79. The van der Waals surface area contributed by atoms with Crippen molar-refractivity contribution in [2.75, 3.05) is 0 Å². The first-order chi connectivity index (χ1) is 10.4. The van der Waals surface area contributed by atoms with E-state index in [2.05, 4.69) is 15.2 Å². The van der Waals surface area contributed by atoms with Crippen LogP contribution in [0.15, 0.2) is 51.3 Å². The molecule has 3 heterocycles. The van der Waals surface area contributed by atoms with E-state index in [-0.39, 0.29) is 0 Å². The van der Waals surface area contributed by atoms with Crippen LogP contribution in [0.2, 0.25) is 0 Å². The lowest BCUT2D eigenvalue weighted by molar-refractivity contribution is -0.137. The van der Waals surface area contributed by atoms with Gasteiger partial charge in [0, 0.05) is 13.2 Å². The van der Waals surface area contributed by atoms with E-state index in [1.165, 1.54) is 12.3 Å². The first-order valence-electron chi connectivity index (χ1n) is 6.09. The molecule has 114 valence electrons. The number of pyridine rings is 1. The normalized spacial score (nSPS) is 11.8. The van der Waals surface area contributed by atoms with Crippen LogP contribution in [-0.4, -0.2) is 19.7 Å². The molecule has 0 fully saturated rings. The van der Waals surface area contributed by atoms with Crippen LogP contribution in [-0.2, 0) is 13.2 Å². The Morgan fingerprint density at radius 2 is 2.00 bits per heavy atom. The molecule has 0 bridgehead atoms. The second kappa shape index (κ2) is 5.48. The van der Waals surface area contributed by atoms with E-state index in [1.54, 1.807) is 23.7 Å². The average molecular weight is 326 g/mol. The van der Waals surface area contributed by atoms with Crippen LogP contribution in [0.1, 0.15) is 5.56 Å². The molecule has 0 spiro atoms. The molecule has 0 saturated carbocycles. The first-order valence-corrected chi connectivity index (χ1v) is 6.91. The molecule has 0 aliphatic rings. The van der Waals surface area contributed by atoms with Gasteiger partial charge in [0.15, 0.2) is 16.7 Å². The third kappa shape index (κ3) is 2.84. The summed E-state index contributed by atoms with van der Waals surface area (Å²) in [5, 5.41) is 8.89. The average Bonchev–Trinajstić information content (AvgIpc) is 3.09. The van der Waals surface area contributed by atoms with Gasteiger partial charge in [-0.1, -0.05) is 0 Å². The Morgan fingerprint density at radius 1 is 1.18 bits per heavy atom. The van der Waals surface area contributed by atoms with Gasteiger partial charge < -0.3 is 8.98 Å². The highest BCUT2D eigenvalue weighted by Gasteiger charge is 2.30. The number of aromatic nitrogens is 4. The second-order valence-electron chi connectivity index (χ2n) is 4.33. The Morgan fingerprint density at radius 3 is 2.59 bits per heavy atom. The zero-order chi connectivity index (χ0) is 15.7. The monoisotopic (exact) mass is 326 g/mol. The zero-order valence-corrected chi connectivity index (χ0v) is 12.0. The van der Waals surface area contributed by atoms with Crippen molar-refractivity contribution in [2.24, 2.45) is 7.05 Å². The number of halogens is 3. The minimum absolute atomic E-state index is 0.398. The van der Waals surface area contributed by atoms with Crippen LogP contribution >= 0.6 is 11.8 Å². The van der Waals surface area contributed by atoms with Gasteiger partial charge >= 0.3 is 6.18 Å². The van der Waals surface area contributed by atoms with E-state index >= 15 is 0 Å². The maximum Gasteiger partial charge on any atom is 0.417 e. The summed E-state index contributed by atoms with van der Waals surface area (Å²) in [6.07, 6.45) is -2.08. The van der Waals surface area contributed by atoms with E-state index in [0.29, 0.717) is 21.8 Å². The van der Waals surface area contributed by atoms with Crippen LogP contribution < -0.4 is 0 Å². The third-order valence-electron chi connectivity index (χ3n) is 2.84. The molecule has 0 aliphatic carbocycles. The standard InChI is InChI=1S/C13H9F3N4OS/c1-20-11(9-3-2-6-21-9)18-19-12(20)22-10-5-4-8(7-17-10)13(14,15)16/h2-7H,1H3. The van der Waals surface area contributed by atoms with Crippen molar-refractivity contribution in [3.8, 4) is 11.6 Å². The van der Waals surface area contributed by atoms with Gasteiger partial charge in [-0.2, -0.15) is 13.2 Å². The maximum atomic E-state index is 12.5. The Balaban J connectivity index is 1.82. The van der Waals surface area contributed by atoms with Crippen molar-refractivity contribution in [2.45, 2.75) is 16.4 Å². The number of furan rings is 1. The molecule has 0 N–H and O–H groups in total. The van der Waals surface area contributed by atoms with Gasteiger partial charge in [0.25, 0.3) is 0 Å². The lowest BCUT2D eigenvalue weighted by atomic mass is 10.3. The Bertz CT molecular complexity index is 766. The van der Waals surface area contributed by atoms with Gasteiger partial charge in [0.2, 0.25) is 0 Å². The quantitative estimate of drug-likeness (QED) is 0.735. The lowest BCUT2D eigenvalue weighted by Crippen LogP contribution is -2.05. The van der Waals surface area contributed by atoms with Gasteiger partial charge in [0.1, 0.15) is 5.03 Å². The molecule has 0 radical (unpaired) electrons. The summed E-state index contributed by atoms with van der Waals surface area (Å²) in [5.74, 6) is 1.08. The van der Waals surface area contributed by atoms with E-state index in [0.717, 1.165) is 24.0 Å². The molecule has 3 rings (SSSR count). The number of alkyl halides is 3. The van der Waals surface area contributed by atoms with Crippen molar-refractivity contribution in [1.29, 1.82) is 0 Å². The molecule has 0 unspecified atom stereocenters. The summed E-state index contributed by atoms with van der Waals surface area (Å²) < 4.78 is 44.4. The summed E-state index contributed by atoms with van der Waals surface area (Å²) in [5.41, 5.74) is -0.786. The van der Waals surface area contributed by atoms with Crippen molar-refractivity contribution in [3.05, 3.63) is 42.3 Å². The van der Waals surface area contributed by atoms with E-state index in [9.17, 15) is 13.2 Å². The molecule has 9 heteroatoms. The highest BCUT2D eigenvalue weighted by atomic mass is 32.2. The van der Waals surface area contributed by atoms with E-state index in [1.807, 2.05) is 0 Å². The predicted molar refractivity (Wildman–Crippen MR) is 72.1 cm³/mol. The maximum absolute atomic E-state index is 12.5. The molecule has 5 nitrogen and oxygen atoms in total. The number of nitrogens with zero attached hydrogens (tertiary/aromatic N) is 4. The molecule has 3 aromatic rings. The summed E-state index contributed by atoms with van der Waals surface area (Å²) in [6.45, 7) is 0.